The first-order chi connectivity index (χ1) is 14.7. The summed E-state index contributed by atoms with van der Waals surface area (Å²) in [5.74, 6) is 5.74. The van der Waals surface area contributed by atoms with E-state index in [4.69, 9.17) is 4.74 Å². The van der Waals surface area contributed by atoms with Crippen LogP contribution in [-0.2, 0) is 4.74 Å². The van der Waals surface area contributed by atoms with E-state index in [1.807, 2.05) is 7.11 Å². The van der Waals surface area contributed by atoms with Crippen molar-refractivity contribution in [2.24, 2.45) is 57.7 Å². The van der Waals surface area contributed by atoms with Crippen molar-refractivity contribution in [1.29, 1.82) is 0 Å². The molecule has 0 aromatic rings. The van der Waals surface area contributed by atoms with Crippen molar-refractivity contribution < 1.29 is 9.84 Å². The van der Waals surface area contributed by atoms with Gasteiger partial charge in [-0.05, 0) is 123 Å². The average molecular weight is 431 g/mol. The largest absolute Gasteiger partial charge is 0.393 e. The second kappa shape index (κ2) is 7.72. The van der Waals surface area contributed by atoms with Crippen molar-refractivity contribution in [1.82, 2.24) is 0 Å². The standard InChI is InChI=1S/C29H50O2/c1-7-28-15-13-23-21(16-26(31-6)29-17-20(29)12-14-27(23,29)5)24(28)10-9-22(28)19(4)8-11-25(30)18(2)3/h18-26,30H,7-17H2,1-6H3/t19-,20?,21-,22-,23+,24+,25?,26-,27-,28-,29+/m1/s1. The molecule has 5 aliphatic rings. The van der Waals surface area contributed by atoms with Gasteiger partial charge in [0, 0.05) is 12.5 Å². The van der Waals surface area contributed by atoms with Gasteiger partial charge in [0.1, 0.15) is 0 Å². The third kappa shape index (κ3) is 2.95. The Morgan fingerprint density at radius 1 is 1.00 bits per heavy atom. The molecule has 0 bridgehead atoms. The van der Waals surface area contributed by atoms with E-state index in [1.165, 1.54) is 64.2 Å². The van der Waals surface area contributed by atoms with E-state index in [0.717, 1.165) is 41.9 Å². The van der Waals surface area contributed by atoms with E-state index in [-0.39, 0.29) is 6.10 Å². The molecule has 2 nitrogen and oxygen atoms in total. The molecule has 0 amide bonds. The quantitative estimate of drug-likeness (QED) is 0.467. The second-order valence-corrected chi connectivity index (χ2v) is 13.4. The molecule has 1 spiro atoms. The SMILES string of the molecule is CC[C@]12CC[C@H]3[C@@H](C[C@@H](OC)[C@]45CC4CC[C@]35C)[C@@H]1CC[C@@H]2[C@H](C)CCC(O)C(C)C. The Kier molecular flexibility index (Phi) is 5.66. The molecule has 11 atom stereocenters. The maximum atomic E-state index is 10.4. The van der Waals surface area contributed by atoms with Gasteiger partial charge in [-0.25, -0.2) is 0 Å². The number of aliphatic hydroxyl groups is 1. The van der Waals surface area contributed by atoms with Crippen molar-refractivity contribution >= 4 is 0 Å². The maximum absolute atomic E-state index is 10.4. The maximum Gasteiger partial charge on any atom is 0.0638 e. The van der Waals surface area contributed by atoms with Crippen LogP contribution in [0.2, 0.25) is 0 Å². The van der Waals surface area contributed by atoms with Gasteiger partial charge in [-0.15, -0.1) is 0 Å². The lowest BCUT2D eigenvalue weighted by Crippen LogP contribution is -2.57. The number of hydrogen-bond donors (Lipinski definition) is 1. The van der Waals surface area contributed by atoms with Crippen LogP contribution in [0.5, 0.6) is 0 Å². The number of methoxy groups -OCH3 is 1. The molecule has 1 N–H and O–H groups in total. The Morgan fingerprint density at radius 3 is 2.42 bits per heavy atom. The normalized spacial score (nSPS) is 52.3. The van der Waals surface area contributed by atoms with E-state index in [9.17, 15) is 5.11 Å². The first-order valence-corrected chi connectivity index (χ1v) is 14.0. The fraction of sp³-hybridized carbons (Fsp3) is 1.00. The predicted molar refractivity (Wildman–Crippen MR) is 128 cm³/mol. The molecule has 2 heteroatoms. The fourth-order valence-electron chi connectivity index (χ4n) is 11.0. The van der Waals surface area contributed by atoms with Gasteiger partial charge in [0.25, 0.3) is 0 Å². The minimum Gasteiger partial charge on any atom is -0.393 e. The van der Waals surface area contributed by atoms with Crippen LogP contribution in [0.1, 0.15) is 105 Å². The van der Waals surface area contributed by atoms with Crippen LogP contribution in [0.15, 0.2) is 0 Å². The van der Waals surface area contributed by atoms with Crippen LogP contribution >= 0.6 is 0 Å². The van der Waals surface area contributed by atoms with Crippen LogP contribution in [0.25, 0.3) is 0 Å². The van der Waals surface area contributed by atoms with Crippen LogP contribution in [0.3, 0.4) is 0 Å². The predicted octanol–water partition coefficient (Wildman–Crippen LogP) is 7.09. The molecule has 31 heavy (non-hydrogen) atoms. The highest BCUT2D eigenvalue weighted by molar-refractivity contribution is 5.26. The van der Waals surface area contributed by atoms with Crippen molar-refractivity contribution in [3.63, 3.8) is 0 Å². The van der Waals surface area contributed by atoms with Gasteiger partial charge < -0.3 is 9.84 Å². The van der Waals surface area contributed by atoms with Gasteiger partial charge in [-0.2, -0.15) is 0 Å². The highest BCUT2D eigenvalue weighted by atomic mass is 16.5. The average Bonchev–Trinajstić information content (AvgIpc) is 3.23. The number of fused-ring (bicyclic) bond motifs is 4. The molecular weight excluding hydrogens is 380 g/mol. The zero-order chi connectivity index (χ0) is 22.2. The van der Waals surface area contributed by atoms with Gasteiger partial charge >= 0.3 is 0 Å². The summed E-state index contributed by atoms with van der Waals surface area (Å²) in [7, 11) is 2.02. The topological polar surface area (TPSA) is 29.5 Å². The summed E-state index contributed by atoms with van der Waals surface area (Å²) >= 11 is 0. The third-order valence-electron chi connectivity index (χ3n) is 12.6. The van der Waals surface area contributed by atoms with Gasteiger partial charge in [0.15, 0.2) is 0 Å². The molecule has 5 aliphatic carbocycles. The van der Waals surface area contributed by atoms with Gasteiger partial charge in [-0.3, -0.25) is 0 Å². The Balaban J connectivity index is 1.38. The number of aliphatic hydroxyl groups excluding tert-OH is 1. The number of ether oxygens (including phenoxy) is 1. The molecule has 0 aliphatic heterocycles. The second-order valence-electron chi connectivity index (χ2n) is 13.4. The summed E-state index contributed by atoms with van der Waals surface area (Å²) in [5.41, 5.74) is 1.66. The van der Waals surface area contributed by atoms with Gasteiger partial charge in [-0.1, -0.05) is 34.6 Å². The lowest BCUT2D eigenvalue weighted by Gasteiger charge is -2.61. The monoisotopic (exact) mass is 430 g/mol. The highest BCUT2D eigenvalue weighted by Crippen LogP contribution is 2.82. The Bertz CT molecular complexity index is 674. The van der Waals surface area contributed by atoms with Crippen molar-refractivity contribution in [3.05, 3.63) is 0 Å². The first-order valence-electron chi connectivity index (χ1n) is 14.0. The molecule has 0 aromatic carbocycles. The summed E-state index contributed by atoms with van der Waals surface area (Å²) in [6.07, 6.45) is 15.6. The lowest BCUT2D eigenvalue weighted by atomic mass is 9.44. The molecule has 2 unspecified atom stereocenters. The van der Waals surface area contributed by atoms with Crippen LogP contribution in [0.4, 0.5) is 0 Å². The van der Waals surface area contributed by atoms with E-state index >= 15 is 0 Å². The third-order valence-corrected chi connectivity index (χ3v) is 12.6. The molecule has 178 valence electrons. The van der Waals surface area contributed by atoms with Crippen LogP contribution in [-0.4, -0.2) is 24.4 Å². The van der Waals surface area contributed by atoms with E-state index in [0.29, 0.717) is 28.3 Å². The minimum atomic E-state index is -0.126. The van der Waals surface area contributed by atoms with Gasteiger partial charge in [0.05, 0.1) is 12.2 Å². The van der Waals surface area contributed by atoms with Crippen molar-refractivity contribution in [2.45, 2.75) is 117 Å². The van der Waals surface area contributed by atoms with Crippen LogP contribution < -0.4 is 0 Å². The summed E-state index contributed by atoms with van der Waals surface area (Å²) in [6, 6.07) is 0. The first kappa shape index (κ1) is 22.7. The fourth-order valence-corrected chi connectivity index (χ4v) is 11.0. The van der Waals surface area contributed by atoms with Crippen molar-refractivity contribution in [2.75, 3.05) is 7.11 Å². The zero-order valence-electron chi connectivity index (χ0n) is 21.3. The molecule has 0 heterocycles. The van der Waals surface area contributed by atoms with Crippen molar-refractivity contribution in [3.8, 4) is 0 Å². The molecule has 0 aromatic heterocycles. The van der Waals surface area contributed by atoms with E-state index < -0.39 is 0 Å². The summed E-state index contributed by atoms with van der Waals surface area (Å²) in [6.45, 7) is 12.0. The Labute approximate surface area is 192 Å². The summed E-state index contributed by atoms with van der Waals surface area (Å²) in [5, 5.41) is 10.4. The summed E-state index contributed by atoms with van der Waals surface area (Å²) < 4.78 is 6.31. The molecule has 5 rings (SSSR count). The Morgan fingerprint density at radius 2 is 1.77 bits per heavy atom. The molecular formula is C29H50O2. The Hall–Kier alpha value is -0.0800. The zero-order valence-corrected chi connectivity index (χ0v) is 21.3. The number of rotatable bonds is 7. The van der Waals surface area contributed by atoms with Crippen LogP contribution in [0, 0.1) is 57.7 Å². The van der Waals surface area contributed by atoms with Gasteiger partial charge in [0.2, 0.25) is 0 Å². The highest BCUT2D eigenvalue weighted by Gasteiger charge is 2.77. The lowest BCUT2D eigenvalue weighted by molar-refractivity contribution is -0.164. The van der Waals surface area contributed by atoms with E-state index in [1.54, 1.807) is 0 Å². The molecule has 5 fully saturated rings. The smallest absolute Gasteiger partial charge is 0.0638 e. The molecule has 0 saturated heterocycles. The molecule has 0 radical (unpaired) electrons. The molecule has 5 saturated carbocycles. The van der Waals surface area contributed by atoms with E-state index in [2.05, 4.69) is 34.6 Å². The minimum absolute atomic E-state index is 0.126. The number of hydrogen-bond acceptors (Lipinski definition) is 2. The summed E-state index contributed by atoms with van der Waals surface area (Å²) in [4.78, 5) is 0.